The molecule has 0 saturated heterocycles. The number of hydrogen-bond donors (Lipinski definition) is 1. The van der Waals surface area contributed by atoms with Crippen LogP contribution in [0.5, 0.6) is 0 Å². The zero-order chi connectivity index (χ0) is 13.3. The largest absolute Gasteiger partial charge is 0.329 e. The Balaban J connectivity index is 2.32. The molecule has 1 aromatic carbocycles. The van der Waals surface area contributed by atoms with Crippen molar-refractivity contribution in [2.24, 2.45) is 11.7 Å². The van der Waals surface area contributed by atoms with Crippen molar-refractivity contribution in [1.82, 2.24) is 9.55 Å². The standard InChI is InChI=1S/C15H23N3/c1-5-10(2)13(16)8-18-9-17-14-6-11(3)12(4)7-15(14)18/h6-7,9-10,13H,5,8,16H2,1-4H3. The number of imidazole rings is 1. The Hall–Kier alpha value is -1.35. The number of nitrogens with two attached hydrogens (primary N) is 1. The quantitative estimate of drug-likeness (QED) is 0.899. The third-order valence-corrected chi connectivity index (χ3v) is 4.02. The van der Waals surface area contributed by atoms with E-state index in [1.165, 1.54) is 16.6 Å². The molecule has 2 unspecified atom stereocenters. The third kappa shape index (κ3) is 2.41. The molecule has 0 aliphatic carbocycles. The zero-order valence-electron chi connectivity index (χ0n) is 11.8. The monoisotopic (exact) mass is 245 g/mol. The van der Waals surface area contributed by atoms with Gasteiger partial charge in [0.25, 0.3) is 0 Å². The lowest BCUT2D eigenvalue weighted by molar-refractivity contribution is 0.400. The minimum absolute atomic E-state index is 0.189. The molecule has 0 aliphatic heterocycles. The first-order chi connectivity index (χ1) is 8.52. The summed E-state index contributed by atoms with van der Waals surface area (Å²) in [6.45, 7) is 9.50. The fourth-order valence-corrected chi connectivity index (χ4v) is 2.17. The molecule has 0 fully saturated rings. The number of nitrogens with zero attached hydrogens (tertiary/aromatic N) is 2. The molecule has 0 aliphatic rings. The smallest absolute Gasteiger partial charge is 0.0958 e. The maximum atomic E-state index is 6.23. The van der Waals surface area contributed by atoms with Crippen molar-refractivity contribution in [3.63, 3.8) is 0 Å². The van der Waals surface area contributed by atoms with E-state index in [1.807, 2.05) is 6.33 Å². The van der Waals surface area contributed by atoms with E-state index < -0.39 is 0 Å². The van der Waals surface area contributed by atoms with Gasteiger partial charge < -0.3 is 10.3 Å². The van der Waals surface area contributed by atoms with Crippen LogP contribution in [-0.2, 0) is 6.54 Å². The van der Waals surface area contributed by atoms with E-state index in [9.17, 15) is 0 Å². The number of aromatic nitrogens is 2. The van der Waals surface area contributed by atoms with Crippen LogP contribution in [0.3, 0.4) is 0 Å². The van der Waals surface area contributed by atoms with Crippen molar-refractivity contribution in [3.8, 4) is 0 Å². The van der Waals surface area contributed by atoms with E-state index in [1.54, 1.807) is 0 Å². The van der Waals surface area contributed by atoms with Crippen LogP contribution < -0.4 is 5.73 Å². The van der Waals surface area contributed by atoms with Gasteiger partial charge in [0.15, 0.2) is 0 Å². The molecule has 3 nitrogen and oxygen atoms in total. The van der Waals surface area contributed by atoms with Crippen molar-refractivity contribution in [1.29, 1.82) is 0 Å². The average molecular weight is 245 g/mol. The molecule has 0 saturated carbocycles. The van der Waals surface area contributed by atoms with Gasteiger partial charge >= 0.3 is 0 Å². The van der Waals surface area contributed by atoms with Crippen molar-refractivity contribution >= 4 is 11.0 Å². The van der Waals surface area contributed by atoms with Crippen LogP contribution in [-0.4, -0.2) is 15.6 Å². The number of aryl methyl sites for hydroxylation is 2. The van der Waals surface area contributed by atoms with Gasteiger partial charge in [-0.05, 0) is 43.0 Å². The molecule has 0 radical (unpaired) electrons. The highest BCUT2D eigenvalue weighted by Crippen LogP contribution is 2.19. The van der Waals surface area contributed by atoms with Gasteiger partial charge in [-0.25, -0.2) is 4.98 Å². The minimum Gasteiger partial charge on any atom is -0.329 e. The first-order valence-corrected chi connectivity index (χ1v) is 6.70. The van der Waals surface area contributed by atoms with Crippen LogP contribution >= 0.6 is 0 Å². The Morgan fingerprint density at radius 3 is 2.61 bits per heavy atom. The van der Waals surface area contributed by atoms with Gasteiger partial charge in [-0.15, -0.1) is 0 Å². The Morgan fingerprint density at radius 2 is 1.94 bits per heavy atom. The summed E-state index contributed by atoms with van der Waals surface area (Å²) in [6, 6.07) is 4.55. The first kappa shape index (κ1) is 13.1. The van der Waals surface area contributed by atoms with E-state index in [-0.39, 0.29) is 6.04 Å². The summed E-state index contributed by atoms with van der Waals surface area (Å²) in [5.74, 6) is 0.536. The highest BCUT2D eigenvalue weighted by Gasteiger charge is 2.13. The van der Waals surface area contributed by atoms with E-state index in [2.05, 4.69) is 49.4 Å². The van der Waals surface area contributed by atoms with Gasteiger partial charge in [0.2, 0.25) is 0 Å². The van der Waals surface area contributed by atoms with Gasteiger partial charge in [-0.3, -0.25) is 0 Å². The summed E-state index contributed by atoms with van der Waals surface area (Å²) in [5.41, 5.74) is 11.1. The van der Waals surface area contributed by atoms with Gasteiger partial charge in [-0.1, -0.05) is 20.3 Å². The number of hydrogen-bond acceptors (Lipinski definition) is 2. The van der Waals surface area contributed by atoms with Crippen LogP contribution in [0.25, 0.3) is 11.0 Å². The van der Waals surface area contributed by atoms with Crippen LogP contribution in [0.2, 0.25) is 0 Å². The van der Waals surface area contributed by atoms with Crippen molar-refractivity contribution in [3.05, 3.63) is 29.6 Å². The van der Waals surface area contributed by atoms with Crippen LogP contribution in [0.15, 0.2) is 18.5 Å². The van der Waals surface area contributed by atoms with E-state index >= 15 is 0 Å². The molecule has 3 heteroatoms. The fraction of sp³-hybridized carbons (Fsp3) is 0.533. The van der Waals surface area contributed by atoms with Crippen LogP contribution in [0, 0.1) is 19.8 Å². The molecule has 0 amide bonds. The van der Waals surface area contributed by atoms with Crippen LogP contribution in [0.4, 0.5) is 0 Å². The van der Waals surface area contributed by atoms with Gasteiger partial charge in [0.1, 0.15) is 0 Å². The normalized spacial score (nSPS) is 14.9. The summed E-state index contributed by atoms with van der Waals surface area (Å²) < 4.78 is 2.18. The Morgan fingerprint density at radius 1 is 1.28 bits per heavy atom. The first-order valence-electron chi connectivity index (χ1n) is 6.70. The Labute approximate surface area is 109 Å². The lowest BCUT2D eigenvalue weighted by atomic mass is 10.00. The number of benzene rings is 1. The predicted octanol–water partition coefficient (Wildman–Crippen LogP) is 3.03. The summed E-state index contributed by atoms with van der Waals surface area (Å²) in [4.78, 5) is 4.47. The molecule has 98 valence electrons. The van der Waals surface area contributed by atoms with Gasteiger partial charge in [-0.2, -0.15) is 0 Å². The van der Waals surface area contributed by atoms with Crippen LogP contribution in [0.1, 0.15) is 31.4 Å². The molecule has 0 spiro atoms. The van der Waals surface area contributed by atoms with E-state index in [0.717, 1.165) is 18.5 Å². The molecular formula is C15H23N3. The van der Waals surface area contributed by atoms with Crippen molar-refractivity contribution in [2.75, 3.05) is 0 Å². The van der Waals surface area contributed by atoms with Crippen molar-refractivity contribution < 1.29 is 0 Å². The third-order valence-electron chi connectivity index (χ3n) is 4.02. The zero-order valence-corrected chi connectivity index (χ0v) is 11.8. The SMILES string of the molecule is CCC(C)C(N)Cn1cnc2cc(C)c(C)cc21. The highest BCUT2D eigenvalue weighted by molar-refractivity contribution is 5.77. The molecule has 2 N–H and O–H groups in total. The molecule has 2 aromatic rings. The van der Waals surface area contributed by atoms with Crippen molar-refractivity contribution in [2.45, 2.75) is 46.7 Å². The second-order valence-corrected chi connectivity index (χ2v) is 5.37. The molecule has 2 atom stereocenters. The second kappa shape index (κ2) is 5.11. The van der Waals surface area contributed by atoms with E-state index in [0.29, 0.717) is 5.92 Å². The number of rotatable bonds is 4. The second-order valence-electron chi connectivity index (χ2n) is 5.37. The average Bonchev–Trinajstić information content (AvgIpc) is 2.71. The molecular weight excluding hydrogens is 222 g/mol. The van der Waals surface area contributed by atoms with E-state index in [4.69, 9.17) is 5.73 Å². The predicted molar refractivity (Wildman–Crippen MR) is 76.6 cm³/mol. The van der Waals surface area contributed by atoms with Gasteiger partial charge in [0, 0.05) is 12.6 Å². The highest BCUT2D eigenvalue weighted by atomic mass is 15.1. The van der Waals surface area contributed by atoms with Gasteiger partial charge in [0.05, 0.1) is 17.4 Å². The molecule has 1 aromatic heterocycles. The minimum atomic E-state index is 0.189. The summed E-state index contributed by atoms with van der Waals surface area (Å²) >= 11 is 0. The maximum Gasteiger partial charge on any atom is 0.0958 e. The Kier molecular flexibility index (Phi) is 3.71. The summed E-state index contributed by atoms with van der Waals surface area (Å²) in [7, 11) is 0. The topological polar surface area (TPSA) is 43.8 Å². The molecule has 18 heavy (non-hydrogen) atoms. The lowest BCUT2D eigenvalue weighted by Crippen LogP contribution is -2.32. The molecule has 0 bridgehead atoms. The maximum absolute atomic E-state index is 6.23. The summed E-state index contributed by atoms with van der Waals surface area (Å²) in [5, 5.41) is 0. The fourth-order valence-electron chi connectivity index (χ4n) is 2.17. The number of fused-ring (bicyclic) bond motifs is 1. The molecule has 2 rings (SSSR count). The Bertz CT molecular complexity index is 542. The summed E-state index contributed by atoms with van der Waals surface area (Å²) in [6.07, 6.45) is 3.03. The molecule has 1 heterocycles. The lowest BCUT2D eigenvalue weighted by Gasteiger charge is -2.19.